The second kappa shape index (κ2) is 7.67. The van der Waals surface area contributed by atoms with Crippen molar-refractivity contribution in [3.63, 3.8) is 0 Å². The SMILES string of the molecule is CNC(CSc1ccc(Cl)cc1)Cc1ccccc1F. The van der Waals surface area contributed by atoms with Gasteiger partial charge in [0.05, 0.1) is 0 Å². The van der Waals surface area contributed by atoms with Gasteiger partial charge in [-0.05, 0) is 49.4 Å². The molecule has 2 aromatic carbocycles. The molecule has 106 valence electrons. The fraction of sp³-hybridized carbons (Fsp3) is 0.250. The van der Waals surface area contributed by atoms with Gasteiger partial charge in [-0.2, -0.15) is 0 Å². The van der Waals surface area contributed by atoms with Gasteiger partial charge in [0.25, 0.3) is 0 Å². The van der Waals surface area contributed by atoms with E-state index in [1.54, 1.807) is 17.8 Å². The quantitative estimate of drug-likeness (QED) is 0.794. The second-order valence-electron chi connectivity index (χ2n) is 4.55. The minimum atomic E-state index is -0.135. The number of hydrogen-bond acceptors (Lipinski definition) is 2. The predicted octanol–water partition coefficient (Wildman–Crippen LogP) is 4.40. The van der Waals surface area contributed by atoms with Gasteiger partial charge < -0.3 is 5.32 Å². The summed E-state index contributed by atoms with van der Waals surface area (Å²) in [6.07, 6.45) is 0.684. The zero-order chi connectivity index (χ0) is 14.4. The molecule has 0 aromatic heterocycles. The highest BCUT2D eigenvalue weighted by molar-refractivity contribution is 7.99. The van der Waals surface area contributed by atoms with Crippen LogP contribution in [0.1, 0.15) is 5.56 Å². The van der Waals surface area contributed by atoms with Gasteiger partial charge in [-0.1, -0.05) is 29.8 Å². The lowest BCUT2D eigenvalue weighted by atomic mass is 10.1. The van der Waals surface area contributed by atoms with Crippen LogP contribution in [0.3, 0.4) is 0 Å². The van der Waals surface area contributed by atoms with Crippen molar-refractivity contribution in [1.82, 2.24) is 5.32 Å². The number of hydrogen-bond donors (Lipinski definition) is 1. The molecule has 1 N–H and O–H groups in total. The summed E-state index contributed by atoms with van der Waals surface area (Å²) in [5, 5.41) is 3.99. The third-order valence-corrected chi connectivity index (χ3v) is 4.52. The van der Waals surface area contributed by atoms with Crippen molar-refractivity contribution in [3.8, 4) is 0 Å². The summed E-state index contributed by atoms with van der Waals surface area (Å²) in [5.74, 6) is 0.746. The van der Waals surface area contributed by atoms with E-state index in [0.29, 0.717) is 6.42 Å². The van der Waals surface area contributed by atoms with Crippen molar-refractivity contribution in [2.45, 2.75) is 17.4 Å². The first kappa shape index (κ1) is 15.4. The molecule has 0 saturated heterocycles. The van der Waals surface area contributed by atoms with Gasteiger partial charge in [-0.25, -0.2) is 4.39 Å². The van der Waals surface area contributed by atoms with Crippen LogP contribution in [0.4, 0.5) is 4.39 Å². The van der Waals surface area contributed by atoms with E-state index in [-0.39, 0.29) is 11.9 Å². The van der Waals surface area contributed by atoms with Crippen molar-refractivity contribution in [2.24, 2.45) is 0 Å². The van der Waals surface area contributed by atoms with Crippen LogP contribution in [0.5, 0.6) is 0 Å². The van der Waals surface area contributed by atoms with Gasteiger partial charge in [-0.15, -0.1) is 11.8 Å². The van der Waals surface area contributed by atoms with E-state index in [2.05, 4.69) is 5.32 Å². The second-order valence-corrected chi connectivity index (χ2v) is 6.08. The number of halogens is 2. The van der Waals surface area contributed by atoms with Crippen LogP contribution in [-0.4, -0.2) is 18.8 Å². The van der Waals surface area contributed by atoms with Gasteiger partial charge in [0.1, 0.15) is 5.82 Å². The minimum absolute atomic E-state index is 0.135. The average Bonchev–Trinajstić information content (AvgIpc) is 2.47. The highest BCUT2D eigenvalue weighted by atomic mass is 35.5. The topological polar surface area (TPSA) is 12.0 Å². The smallest absolute Gasteiger partial charge is 0.126 e. The summed E-state index contributed by atoms with van der Waals surface area (Å²) >= 11 is 7.61. The molecule has 1 nitrogen and oxygen atoms in total. The molecular weight excluding hydrogens is 293 g/mol. The first-order chi connectivity index (χ1) is 9.69. The average molecular weight is 310 g/mol. The first-order valence-corrected chi connectivity index (χ1v) is 7.84. The van der Waals surface area contributed by atoms with Crippen LogP contribution in [0, 0.1) is 5.82 Å². The molecule has 4 heteroatoms. The first-order valence-electron chi connectivity index (χ1n) is 6.48. The number of nitrogens with one attached hydrogen (secondary N) is 1. The summed E-state index contributed by atoms with van der Waals surface area (Å²) in [7, 11) is 1.91. The van der Waals surface area contributed by atoms with E-state index >= 15 is 0 Å². The highest BCUT2D eigenvalue weighted by Gasteiger charge is 2.10. The maximum absolute atomic E-state index is 13.6. The van der Waals surface area contributed by atoms with Crippen LogP contribution in [0.2, 0.25) is 5.02 Å². The maximum atomic E-state index is 13.6. The number of rotatable bonds is 6. The molecule has 1 unspecified atom stereocenters. The predicted molar refractivity (Wildman–Crippen MR) is 85.1 cm³/mol. The Morgan fingerprint density at radius 2 is 1.85 bits per heavy atom. The van der Waals surface area contributed by atoms with Crippen LogP contribution >= 0.6 is 23.4 Å². The zero-order valence-electron chi connectivity index (χ0n) is 11.3. The molecule has 0 bridgehead atoms. The molecule has 0 saturated carbocycles. The summed E-state index contributed by atoms with van der Waals surface area (Å²) in [4.78, 5) is 1.17. The minimum Gasteiger partial charge on any atom is -0.316 e. The van der Waals surface area contributed by atoms with E-state index in [1.165, 1.54) is 11.0 Å². The van der Waals surface area contributed by atoms with Crippen molar-refractivity contribution < 1.29 is 4.39 Å². The Bertz CT molecular complexity index is 544. The van der Waals surface area contributed by atoms with E-state index in [4.69, 9.17) is 11.6 Å². The third kappa shape index (κ3) is 4.51. The lowest BCUT2D eigenvalue weighted by molar-refractivity contribution is 0.568. The monoisotopic (exact) mass is 309 g/mol. The summed E-state index contributed by atoms with van der Waals surface area (Å²) < 4.78 is 13.6. The fourth-order valence-electron chi connectivity index (χ4n) is 1.90. The van der Waals surface area contributed by atoms with E-state index in [0.717, 1.165) is 16.3 Å². The normalized spacial score (nSPS) is 12.3. The van der Waals surface area contributed by atoms with Crippen LogP contribution < -0.4 is 5.32 Å². The van der Waals surface area contributed by atoms with E-state index in [9.17, 15) is 4.39 Å². The number of thioether (sulfide) groups is 1. The molecule has 0 fully saturated rings. The lowest BCUT2D eigenvalue weighted by Crippen LogP contribution is -2.30. The molecule has 0 spiro atoms. The largest absolute Gasteiger partial charge is 0.316 e. The third-order valence-electron chi connectivity index (χ3n) is 3.10. The molecule has 0 aliphatic heterocycles. The van der Waals surface area contributed by atoms with Crippen molar-refractivity contribution in [3.05, 3.63) is 64.9 Å². The summed E-state index contributed by atoms with van der Waals surface area (Å²) in [5.41, 5.74) is 0.753. The van der Waals surface area contributed by atoms with Crippen molar-refractivity contribution in [1.29, 1.82) is 0 Å². The molecule has 2 aromatic rings. The van der Waals surface area contributed by atoms with Gasteiger partial charge in [0.2, 0.25) is 0 Å². The molecule has 0 aliphatic carbocycles. The summed E-state index contributed by atoms with van der Waals surface area (Å²) in [6, 6.07) is 14.9. The number of benzene rings is 2. The molecule has 0 radical (unpaired) electrons. The van der Waals surface area contributed by atoms with Gasteiger partial charge in [-0.3, -0.25) is 0 Å². The molecule has 0 aliphatic rings. The fourth-order valence-corrected chi connectivity index (χ4v) is 3.03. The molecular formula is C16H17ClFNS. The highest BCUT2D eigenvalue weighted by Crippen LogP contribution is 2.22. The van der Waals surface area contributed by atoms with E-state index in [1.807, 2.05) is 43.4 Å². The van der Waals surface area contributed by atoms with Crippen molar-refractivity contribution in [2.75, 3.05) is 12.8 Å². The Kier molecular flexibility index (Phi) is 5.89. The Morgan fingerprint density at radius 1 is 1.15 bits per heavy atom. The van der Waals surface area contributed by atoms with E-state index < -0.39 is 0 Å². The number of likely N-dealkylation sites (N-methyl/N-ethyl adjacent to an activating group) is 1. The van der Waals surface area contributed by atoms with Gasteiger partial charge >= 0.3 is 0 Å². The Balaban J connectivity index is 1.92. The Morgan fingerprint density at radius 3 is 2.50 bits per heavy atom. The molecule has 20 heavy (non-hydrogen) atoms. The van der Waals surface area contributed by atoms with Gasteiger partial charge in [0.15, 0.2) is 0 Å². The maximum Gasteiger partial charge on any atom is 0.126 e. The van der Waals surface area contributed by atoms with Gasteiger partial charge in [0, 0.05) is 21.7 Å². The Labute approximate surface area is 128 Å². The zero-order valence-corrected chi connectivity index (χ0v) is 12.8. The Hall–Kier alpha value is -1.03. The van der Waals surface area contributed by atoms with Crippen LogP contribution in [-0.2, 0) is 6.42 Å². The van der Waals surface area contributed by atoms with Crippen LogP contribution in [0.15, 0.2) is 53.4 Å². The molecule has 2 rings (SSSR count). The van der Waals surface area contributed by atoms with Crippen LogP contribution in [0.25, 0.3) is 0 Å². The van der Waals surface area contributed by atoms with Crippen molar-refractivity contribution >= 4 is 23.4 Å². The summed E-state index contributed by atoms with van der Waals surface area (Å²) in [6.45, 7) is 0. The molecule has 0 amide bonds. The lowest BCUT2D eigenvalue weighted by Gasteiger charge is -2.16. The molecule has 0 heterocycles. The standard InChI is InChI=1S/C16H17ClFNS/c1-19-14(10-12-4-2-3-5-16(12)18)11-20-15-8-6-13(17)7-9-15/h2-9,14,19H,10-11H2,1H3. The molecule has 1 atom stereocenters.